The minimum Gasteiger partial charge on any atom is -0.494 e. The molecule has 3 heteroatoms. The molecule has 6 heavy (non-hydrogen) atoms. The summed E-state index contributed by atoms with van der Waals surface area (Å²) in [5, 5.41) is 0. The van der Waals surface area contributed by atoms with Gasteiger partial charge in [0.05, 0.1) is 6.92 Å². The molecular formula is C3H6NaS2+. The molecule has 0 aromatic heterocycles. The van der Waals surface area contributed by atoms with Crippen molar-refractivity contribution in [2.24, 2.45) is 0 Å². The average Bonchev–Trinajstić information content (AvgIpc) is 1.38. The predicted octanol–water partition coefficient (Wildman–Crippen LogP) is -1.59. The van der Waals surface area contributed by atoms with E-state index in [2.05, 4.69) is 12.6 Å². The predicted molar refractivity (Wildman–Crippen MR) is 29.8 cm³/mol. The molecule has 0 bridgehead atoms. The van der Waals surface area contributed by atoms with Crippen molar-refractivity contribution < 1.29 is 29.6 Å². The van der Waals surface area contributed by atoms with Crippen LogP contribution in [0.25, 0.3) is 0 Å². The molecule has 0 saturated carbocycles. The van der Waals surface area contributed by atoms with Crippen LogP contribution in [0.2, 0.25) is 0 Å². The second-order valence-electron chi connectivity index (χ2n) is 0.696. The molecule has 0 nitrogen and oxygen atoms in total. The molecule has 0 aliphatic heterocycles. The minimum atomic E-state index is 0. The standard InChI is InChI=1S/C3H6S2.Na/c1-3(4)5-2;/h1-2H3;/q;+1. The zero-order valence-corrected chi connectivity index (χ0v) is 7.95. The minimum absolute atomic E-state index is 0. The van der Waals surface area contributed by atoms with Gasteiger partial charge >= 0.3 is 29.6 Å². The van der Waals surface area contributed by atoms with Gasteiger partial charge in [0.2, 0.25) is 0 Å². The summed E-state index contributed by atoms with van der Waals surface area (Å²) in [6.07, 6.45) is 1.97. The molecule has 0 saturated heterocycles. The van der Waals surface area contributed by atoms with Gasteiger partial charge in [0.15, 0.2) is 0 Å². The number of rotatable bonds is 1. The fraction of sp³-hybridized carbons (Fsp3) is 0.667. The fourth-order valence-electron chi connectivity index (χ4n) is 0. The van der Waals surface area contributed by atoms with Crippen LogP contribution >= 0.6 is 11.8 Å². The topological polar surface area (TPSA) is 0 Å². The Labute approximate surface area is 71.2 Å². The average molecular weight is 129 g/mol. The van der Waals surface area contributed by atoms with E-state index in [1.54, 1.807) is 11.8 Å². The molecule has 0 N–H and O–H groups in total. The molecule has 0 fully saturated rings. The Bertz CT molecular complexity index is 22.8. The van der Waals surface area contributed by atoms with Crippen molar-refractivity contribution in [1.29, 1.82) is 0 Å². The first-order valence-electron chi connectivity index (χ1n) is 1.32. The maximum atomic E-state index is 4.66. The van der Waals surface area contributed by atoms with Crippen molar-refractivity contribution >= 4 is 24.4 Å². The van der Waals surface area contributed by atoms with E-state index in [1.807, 2.05) is 13.2 Å². The summed E-state index contributed by atoms with van der Waals surface area (Å²) in [6.45, 7) is 1.92. The maximum Gasteiger partial charge on any atom is 1.00 e. The molecule has 0 atom stereocenters. The van der Waals surface area contributed by atoms with Crippen molar-refractivity contribution in [2.75, 3.05) is 6.26 Å². The van der Waals surface area contributed by atoms with Crippen LogP contribution in [0.4, 0.5) is 0 Å². The van der Waals surface area contributed by atoms with Crippen molar-refractivity contribution in [1.82, 2.24) is 0 Å². The summed E-state index contributed by atoms with van der Waals surface area (Å²) >= 11 is 6.27. The summed E-state index contributed by atoms with van der Waals surface area (Å²) in [5.74, 6) is 0. The summed E-state index contributed by atoms with van der Waals surface area (Å²) in [4.78, 5) is 0. The molecule has 0 aliphatic carbocycles. The Hall–Kier alpha value is 1.57. The zero-order chi connectivity index (χ0) is 4.28. The molecule has 0 unspecified atom stereocenters. The summed E-state index contributed by atoms with van der Waals surface area (Å²) in [6, 6.07) is 0. The van der Waals surface area contributed by atoms with Gasteiger partial charge in [0.25, 0.3) is 0 Å². The first kappa shape index (κ1) is 10.5. The summed E-state index contributed by atoms with van der Waals surface area (Å²) in [5.41, 5.74) is 0. The second kappa shape index (κ2) is 6.57. The zero-order valence-electron chi connectivity index (χ0n) is 4.32. The Morgan fingerprint density at radius 2 is 1.83 bits per heavy atom. The first-order valence-corrected chi connectivity index (χ1v) is 2.95. The summed E-state index contributed by atoms with van der Waals surface area (Å²) < 4.78 is 1.00. The molecule has 0 aliphatic rings. The number of hydrogen-bond donors (Lipinski definition) is 0. The van der Waals surface area contributed by atoms with Gasteiger partial charge in [0.1, 0.15) is 0 Å². The van der Waals surface area contributed by atoms with Gasteiger partial charge in [-0.1, -0.05) is 0 Å². The SMILES string of the molecule is CS[C+](C)[S-].[Na+]. The van der Waals surface area contributed by atoms with Crippen molar-refractivity contribution in [3.8, 4) is 0 Å². The molecule has 0 heterocycles. The van der Waals surface area contributed by atoms with Crippen LogP contribution in [-0.2, 0) is 12.6 Å². The van der Waals surface area contributed by atoms with Gasteiger partial charge in [-0.15, -0.1) is 0 Å². The monoisotopic (exact) mass is 129 g/mol. The van der Waals surface area contributed by atoms with Gasteiger partial charge in [-0.3, -0.25) is 0 Å². The second-order valence-corrected chi connectivity index (χ2v) is 2.59. The molecule has 0 rings (SSSR count). The van der Waals surface area contributed by atoms with Gasteiger partial charge in [-0.2, -0.15) is 0 Å². The first-order chi connectivity index (χ1) is 2.27. The molecule has 0 amide bonds. The number of thioether (sulfide) groups is 1. The Kier molecular flexibility index (Phi) is 11.5. The normalized spacial score (nSPS) is 6.50. The fourth-order valence-corrected chi connectivity index (χ4v) is 0. The van der Waals surface area contributed by atoms with E-state index in [1.165, 1.54) is 0 Å². The van der Waals surface area contributed by atoms with Crippen molar-refractivity contribution in [3.05, 3.63) is 4.58 Å². The van der Waals surface area contributed by atoms with E-state index < -0.39 is 0 Å². The van der Waals surface area contributed by atoms with Crippen LogP contribution in [0.5, 0.6) is 0 Å². The van der Waals surface area contributed by atoms with Crippen LogP contribution in [0.1, 0.15) is 6.92 Å². The largest absolute Gasteiger partial charge is 1.00 e. The molecular weight excluding hydrogens is 123 g/mol. The smallest absolute Gasteiger partial charge is 0.494 e. The van der Waals surface area contributed by atoms with Gasteiger partial charge < -0.3 is 12.6 Å². The molecule has 0 aromatic rings. The molecule has 30 valence electrons. The number of hydrogen-bond acceptors (Lipinski definition) is 2. The maximum absolute atomic E-state index is 4.66. The third kappa shape index (κ3) is 9.13. The van der Waals surface area contributed by atoms with E-state index in [9.17, 15) is 0 Å². The summed E-state index contributed by atoms with van der Waals surface area (Å²) in [7, 11) is 0. The van der Waals surface area contributed by atoms with Crippen LogP contribution in [-0.4, -0.2) is 6.26 Å². The van der Waals surface area contributed by atoms with Crippen molar-refractivity contribution in [3.63, 3.8) is 0 Å². The third-order valence-corrected chi connectivity index (χ3v) is 1.36. The van der Waals surface area contributed by atoms with E-state index in [-0.39, 0.29) is 29.6 Å². The molecule has 0 spiro atoms. The Morgan fingerprint density at radius 3 is 1.83 bits per heavy atom. The van der Waals surface area contributed by atoms with Crippen LogP contribution in [0.15, 0.2) is 0 Å². The van der Waals surface area contributed by atoms with E-state index in [0.29, 0.717) is 0 Å². The van der Waals surface area contributed by atoms with E-state index >= 15 is 0 Å². The molecule has 0 radical (unpaired) electrons. The van der Waals surface area contributed by atoms with Gasteiger partial charge in [-0.25, -0.2) is 0 Å². The van der Waals surface area contributed by atoms with Crippen molar-refractivity contribution in [2.45, 2.75) is 6.92 Å². The Balaban J connectivity index is 0. The third-order valence-electron chi connectivity index (χ3n) is 0.287. The molecule has 0 aromatic carbocycles. The van der Waals surface area contributed by atoms with Gasteiger partial charge in [0, 0.05) is 22.6 Å². The van der Waals surface area contributed by atoms with E-state index in [4.69, 9.17) is 0 Å². The quantitative estimate of drug-likeness (QED) is 0.238. The van der Waals surface area contributed by atoms with Crippen LogP contribution in [0, 0.1) is 4.58 Å². The Morgan fingerprint density at radius 1 is 1.67 bits per heavy atom. The van der Waals surface area contributed by atoms with E-state index in [0.717, 1.165) is 4.58 Å². The van der Waals surface area contributed by atoms with Crippen LogP contribution < -0.4 is 29.6 Å². The van der Waals surface area contributed by atoms with Crippen LogP contribution in [0.3, 0.4) is 0 Å². The van der Waals surface area contributed by atoms with Gasteiger partial charge in [-0.05, 0) is 0 Å².